The number of aliphatic hydroxyl groups excluding tert-OH is 5. The van der Waals surface area contributed by atoms with Crippen LogP contribution in [0, 0.1) is 0 Å². The van der Waals surface area contributed by atoms with Gasteiger partial charge in [0.1, 0.15) is 24.4 Å². The molecule has 1 amide bonds. The van der Waals surface area contributed by atoms with E-state index < -0.39 is 67.4 Å². The van der Waals surface area contributed by atoms with Gasteiger partial charge in [0, 0.05) is 6.42 Å². The molecule has 0 aromatic heterocycles. The Balaban J connectivity index is 2.61. The van der Waals surface area contributed by atoms with Gasteiger partial charge in [0.2, 0.25) is 5.91 Å². The number of amides is 1. The third-order valence-electron chi connectivity index (χ3n) is 15.4. The van der Waals surface area contributed by atoms with Gasteiger partial charge in [-0.2, -0.15) is 0 Å². The zero-order chi connectivity index (χ0) is 61.0. The molecule has 0 saturated carbocycles. The molecule has 0 bridgehead atoms. The second-order valence-electron chi connectivity index (χ2n) is 23.2. The molecular weight excluding hydrogens is 1050 g/mol. The van der Waals surface area contributed by atoms with E-state index in [-0.39, 0.29) is 19.4 Å². The molecule has 8 atom stereocenters. The smallest absolute Gasteiger partial charge is 0.306 e. The maximum Gasteiger partial charge on any atom is 0.306 e. The van der Waals surface area contributed by atoms with E-state index in [9.17, 15) is 35.1 Å². The zero-order valence-electron chi connectivity index (χ0n) is 53.5. The fourth-order valence-corrected chi connectivity index (χ4v) is 10.0. The van der Waals surface area contributed by atoms with Crippen molar-refractivity contribution in [2.45, 2.75) is 327 Å². The third-order valence-corrected chi connectivity index (χ3v) is 15.4. The monoisotopic (exact) mass is 1180 g/mol. The number of carbonyl (C=O) groups excluding carboxylic acids is 2. The SMILES string of the molecule is CC/C=C\C/C=C\C/C=C\C/C=C\C/C=C\CCCCCCCCCCCCC(O)C(=O)NC(COC1OC(CO)C(O)C(O)C1OC(=O)CCCCCC/C=C\C/C=C\C/C=C\CCCCC)C(O)/C=C/CCCCCCCCCCCC. The zero-order valence-corrected chi connectivity index (χ0v) is 53.5. The Morgan fingerprint density at radius 1 is 0.476 bits per heavy atom. The molecule has 1 fully saturated rings. The number of aliphatic hydroxyl groups is 5. The van der Waals surface area contributed by atoms with Gasteiger partial charge in [0.05, 0.1) is 25.4 Å². The molecule has 0 radical (unpaired) electrons. The summed E-state index contributed by atoms with van der Waals surface area (Å²) in [6.45, 7) is 5.64. The highest BCUT2D eigenvalue weighted by atomic mass is 16.7. The van der Waals surface area contributed by atoms with Crippen molar-refractivity contribution < 1.29 is 49.3 Å². The van der Waals surface area contributed by atoms with E-state index in [1.54, 1.807) is 6.08 Å². The lowest BCUT2D eigenvalue weighted by Gasteiger charge is -2.41. The maximum atomic E-state index is 13.5. The second-order valence-corrected chi connectivity index (χ2v) is 23.2. The molecule has 1 aliphatic rings. The molecule has 1 aliphatic heterocycles. The minimum Gasteiger partial charge on any atom is -0.454 e. The van der Waals surface area contributed by atoms with E-state index in [0.717, 1.165) is 122 Å². The molecule has 0 aromatic rings. The van der Waals surface area contributed by atoms with Gasteiger partial charge in [0.25, 0.3) is 0 Å². The van der Waals surface area contributed by atoms with Crippen molar-refractivity contribution in [1.82, 2.24) is 5.32 Å². The predicted molar refractivity (Wildman–Crippen MR) is 351 cm³/mol. The Morgan fingerprint density at radius 3 is 1.31 bits per heavy atom. The highest BCUT2D eigenvalue weighted by Crippen LogP contribution is 2.26. The second kappa shape index (κ2) is 59.6. The number of nitrogens with one attached hydrogen (secondary N) is 1. The van der Waals surface area contributed by atoms with Crippen molar-refractivity contribution in [3.63, 3.8) is 0 Å². The maximum absolute atomic E-state index is 13.5. The number of rotatable bonds is 57. The van der Waals surface area contributed by atoms with E-state index >= 15 is 0 Å². The van der Waals surface area contributed by atoms with Crippen molar-refractivity contribution in [3.05, 3.63) is 109 Å². The van der Waals surface area contributed by atoms with Crippen molar-refractivity contribution >= 4 is 11.9 Å². The number of hydrogen-bond donors (Lipinski definition) is 6. The Hall–Kier alpha value is -3.68. The number of esters is 1. The summed E-state index contributed by atoms with van der Waals surface area (Å²) in [6, 6.07) is -1.04. The minimum atomic E-state index is -1.63. The lowest BCUT2D eigenvalue weighted by Crippen LogP contribution is -2.61. The van der Waals surface area contributed by atoms with Crippen molar-refractivity contribution in [2.24, 2.45) is 0 Å². The molecule has 8 unspecified atom stereocenters. The van der Waals surface area contributed by atoms with Crippen LogP contribution in [0.1, 0.15) is 278 Å². The van der Waals surface area contributed by atoms with Crippen LogP contribution < -0.4 is 5.32 Å². The summed E-state index contributed by atoms with van der Waals surface area (Å²) in [7, 11) is 0. The molecular formula is C73H125NO10. The van der Waals surface area contributed by atoms with Gasteiger partial charge in [-0.3, -0.25) is 9.59 Å². The molecule has 84 heavy (non-hydrogen) atoms. The summed E-state index contributed by atoms with van der Waals surface area (Å²) in [5.41, 5.74) is 0. The van der Waals surface area contributed by atoms with Crippen molar-refractivity contribution in [1.29, 1.82) is 0 Å². The van der Waals surface area contributed by atoms with Crippen LogP contribution in [0.2, 0.25) is 0 Å². The van der Waals surface area contributed by atoms with Gasteiger partial charge < -0.3 is 45.1 Å². The fourth-order valence-electron chi connectivity index (χ4n) is 10.0. The molecule has 0 aromatic carbocycles. The average Bonchev–Trinajstić information content (AvgIpc) is 3.67. The van der Waals surface area contributed by atoms with Gasteiger partial charge in [-0.25, -0.2) is 0 Å². The van der Waals surface area contributed by atoms with Crippen LogP contribution in [0.3, 0.4) is 0 Å². The van der Waals surface area contributed by atoms with Crippen molar-refractivity contribution in [3.8, 4) is 0 Å². The number of unbranched alkanes of at least 4 members (excludes halogenated alkanes) is 27. The lowest BCUT2D eigenvalue weighted by molar-refractivity contribution is -0.305. The fraction of sp³-hybridized carbons (Fsp3) is 0.726. The molecule has 6 N–H and O–H groups in total. The van der Waals surface area contributed by atoms with E-state index in [1.807, 2.05) is 6.08 Å². The normalized spacial score (nSPS) is 19.2. The van der Waals surface area contributed by atoms with Crippen LogP contribution in [0.5, 0.6) is 0 Å². The molecule has 11 nitrogen and oxygen atoms in total. The quantitative estimate of drug-likeness (QED) is 0.0195. The molecule has 1 heterocycles. The Labute approximate surface area is 513 Å². The van der Waals surface area contributed by atoms with Crippen LogP contribution in [-0.2, 0) is 23.8 Å². The topological polar surface area (TPSA) is 175 Å². The van der Waals surface area contributed by atoms with E-state index in [0.29, 0.717) is 12.8 Å². The molecule has 1 saturated heterocycles. The number of hydrogen-bond acceptors (Lipinski definition) is 10. The van der Waals surface area contributed by atoms with E-state index in [1.165, 1.54) is 109 Å². The summed E-state index contributed by atoms with van der Waals surface area (Å²) in [6.07, 6.45) is 71.2. The standard InChI is InChI=1S/C73H125NO10/c1-4-7-10-13-16-19-22-25-27-29-30-31-32-33-34-35-36-37-39-40-42-45-48-51-54-57-60-66(77)72(81)74-64(65(76)59-56-53-50-47-44-24-21-18-15-12-9-6-3)63-82-73-71(70(80)69(79)67(62-75)83-73)84-68(78)61-58-55-52-49-46-43-41-38-28-26-23-20-17-14-11-8-5-2/h7,10,16-17,19-20,25-28,30-31,33-34,41,43,56,59,64-67,69-71,73,75-77,79-80H,4-6,8-9,11-15,18,21-24,29,32,35-40,42,44-55,57-58,60-63H2,1-3H3,(H,74,81)/b10-7-,19-16-,20-17-,27-25-,28-26-,31-30-,34-33-,43-41-,59-56+. The highest BCUT2D eigenvalue weighted by Gasteiger charge is 2.47. The Kier molecular flexibility index (Phi) is 55.6. The number of allylic oxidation sites excluding steroid dienone is 17. The van der Waals surface area contributed by atoms with Crippen LogP contribution in [0.25, 0.3) is 0 Å². The Bertz CT molecular complexity index is 1780. The first-order valence-electron chi connectivity index (χ1n) is 34.2. The van der Waals surface area contributed by atoms with Gasteiger partial charge >= 0.3 is 5.97 Å². The molecule has 0 aliphatic carbocycles. The summed E-state index contributed by atoms with van der Waals surface area (Å²) >= 11 is 0. The van der Waals surface area contributed by atoms with E-state index in [2.05, 4.69) is 123 Å². The molecule has 482 valence electrons. The van der Waals surface area contributed by atoms with Crippen LogP contribution >= 0.6 is 0 Å². The predicted octanol–water partition coefficient (Wildman–Crippen LogP) is 17.2. The molecule has 1 rings (SSSR count). The summed E-state index contributed by atoms with van der Waals surface area (Å²) in [5, 5.41) is 57.1. The van der Waals surface area contributed by atoms with Crippen LogP contribution in [-0.4, -0.2) is 99.6 Å². The summed E-state index contributed by atoms with van der Waals surface area (Å²) in [4.78, 5) is 26.6. The first kappa shape index (κ1) is 78.3. The molecule has 11 heteroatoms. The van der Waals surface area contributed by atoms with Crippen LogP contribution in [0.15, 0.2) is 109 Å². The summed E-state index contributed by atoms with van der Waals surface area (Å²) in [5.74, 6) is -1.22. The van der Waals surface area contributed by atoms with Crippen LogP contribution in [0.4, 0.5) is 0 Å². The van der Waals surface area contributed by atoms with Gasteiger partial charge in [-0.15, -0.1) is 0 Å². The lowest BCUT2D eigenvalue weighted by atomic mass is 9.99. The third kappa shape index (κ3) is 46.5. The first-order chi connectivity index (χ1) is 41.2. The summed E-state index contributed by atoms with van der Waals surface area (Å²) < 4.78 is 17.6. The number of ether oxygens (including phenoxy) is 3. The largest absolute Gasteiger partial charge is 0.454 e. The number of carbonyl (C=O) groups is 2. The van der Waals surface area contributed by atoms with Crippen molar-refractivity contribution in [2.75, 3.05) is 13.2 Å². The highest BCUT2D eigenvalue weighted by molar-refractivity contribution is 5.80. The van der Waals surface area contributed by atoms with Gasteiger partial charge in [-0.1, -0.05) is 271 Å². The first-order valence-corrected chi connectivity index (χ1v) is 34.2. The molecule has 0 spiro atoms. The average molecular weight is 1180 g/mol. The van der Waals surface area contributed by atoms with Gasteiger partial charge in [-0.05, 0) is 109 Å². The minimum absolute atomic E-state index is 0.0934. The van der Waals surface area contributed by atoms with E-state index in [4.69, 9.17) is 14.2 Å². The Morgan fingerprint density at radius 2 is 0.857 bits per heavy atom. The van der Waals surface area contributed by atoms with Gasteiger partial charge in [0.15, 0.2) is 12.4 Å².